The van der Waals surface area contributed by atoms with E-state index in [9.17, 15) is 9.59 Å². The van der Waals surface area contributed by atoms with Crippen molar-refractivity contribution in [3.8, 4) is 0 Å². The van der Waals surface area contributed by atoms with Crippen molar-refractivity contribution < 1.29 is 9.59 Å². The molecule has 3 rings (SSSR count). The van der Waals surface area contributed by atoms with Gasteiger partial charge in [0.1, 0.15) is 11.5 Å². The number of fused-ring (bicyclic) bond motifs is 1. The highest BCUT2D eigenvalue weighted by molar-refractivity contribution is 5.92. The van der Waals surface area contributed by atoms with Crippen LogP contribution in [0, 0.1) is 5.92 Å². The summed E-state index contributed by atoms with van der Waals surface area (Å²) in [5, 5.41) is 2.85. The molecule has 7 heteroatoms. The minimum Gasteiger partial charge on any atom is -0.345 e. The standard InChI is InChI=1S/C20H27N5O2/c1-14(2)7-8-18(26)25-11-10-24-13-17(23-19(24)15(25)3)20(27)22-12-16-6-4-5-9-21-16/h4-6,9,13-15H,7-8,10-12H2,1-3H3,(H,22,27)/t15-/m1/s1. The van der Waals surface area contributed by atoms with Crippen molar-refractivity contribution >= 4 is 11.8 Å². The molecule has 0 fully saturated rings. The first-order valence-corrected chi connectivity index (χ1v) is 9.50. The third kappa shape index (κ3) is 4.53. The summed E-state index contributed by atoms with van der Waals surface area (Å²) in [4.78, 5) is 35.5. The van der Waals surface area contributed by atoms with E-state index in [1.807, 2.05) is 34.6 Å². The molecule has 0 spiro atoms. The smallest absolute Gasteiger partial charge is 0.271 e. The number of nitrogens with one attached hydrogen (secondary N) is 1. The Hall–Kier alpha value is -2.70. The highest BCUT2D eigenvalue weighted by atomic mass is 16.2. The Labute approximate surface area is 159 Å². The van der Waals surface area contributed by atoms with Gasteiger partial charge in [0.05, 0.1) is 18.3 Å². The summed E-state index contributed by atoms with van der Waals surface area (Å²) >= 11 is 0. The van der Waals surface area contributed by atoms with E-state index in [0.717, 1.165) is 17.9 Å². The zero-order valence-corrected chi connectivity index (χ0v) is 16.2. The van der Waals surface area contributed by atoms with Gasteiger partial charge in [-0.1, -0.05) is 19.9 Å². The fraction of sp³-hybridized carbons (Fsp3) is 0.500. The maximum Gasteiger partial charge on any atom is 0.271 e. The Kier molecular flexibility index (Phi) is 5.88. The lowest BCUT2D eigenvalue weighted by Gasteiger charge is -2.34. The average molecular weight is 369 g/mol. The molecule has 1 aliphatic heterocycles. The van der Waals surface area contributed by atoms with E-state index in [4.69, 9.17) is 0 Å². The summed E-state index contributed by atoms with van der Waals surface area (Å²) in [6, 6.07) is 5.46. The highest BCUT2D eigenvalue weighted by Gasteiger charge is 2.30. The van der Waals surface area contributed by atoms with Gasteiger partial charge in [0.15, 0.2) is 0 Å². The van der Waals surface area contributed by atoms with Gasteiger partial charge in [-0.2, -0.15) is 0 Å². The summed E-state index contributed by atoms with van der Waals surface area (Å²) < 4.78 is 1.98. The molecular formula is C20H27N5O2. The van der Waals surface area contributed by atoms with Gasteiger partial charge in [-0.3, -0.25) is 14.6 Å². The Bertz CT molecular complexity index is 800. The molecule has 1 aliphatic rings. The molecule has 0 saturated carbocycles. The summed E-state index contributed by atoms with van der Waals surface area (Å²) in [5.41, 5.74) is 1.18. The fourth-order valence-electron chi connectivity index (χ4n) is 3.26. The summed E-state index contributed by atoms with van der Waals surface area (Å²) in [6.45, 7) is 7.88. The first-order chi connectivity index (χ1) is 13.0. The molecule has 144 valence electrons. The van der Waals surface area contributed by atoms with Gasteiger partial charge in [0.2, 0.25) is 5.91 Å². The fourth-order valence-corrected chi connectivity index (χ4v) is 3.26. The molecule has 0 radical (unpaired) electrons. The lowest BCUT2D eigenvalue weighted by molar-refractivity contribution is -0.134. The molecule has 2 aromatic rings. The number of hydrogen-bond acceptors (Lipinski definition) is 4. The summed E-state index contributed by atoms with van der Waals surface area (Å²) in [7, 11) is 0. The molecule has 0 bridgehead atoms. The molecule has 1 atom stereocenters. The minimum absolute atomic E-state index is 0.129. The minimum atomic E-state index is -0.229. The van der Waals surface area contributed by atoms with Crippen LogP contribution in [-0.2, 0) is 17.9 Å². The summed E-state index contributed by atoms with van der Waals surface area (Å²) in [5.74, 6) is 1.20. The third-order valence-electron chi connectivity index (χ3n) is 4.88. The van der Waals surface area contributed by atoms with Gasteiger partial charge in [-0.15, -0.1) is 0 Å². The molecule has 3 heterocycles. The van der Waals surface area contributed by atoms with E-state index in [0.29, 0.717) is 37.7 Å². The molecule has 0 aromatic carbocycles. The lowest BCUT2D eigenvalue weighted by Crippen LogP contribution is -2.41. The molecule has 2 aromatic heterocycles. The Balaban J connectivity index is 1.65. The van der Waals surface area contributed by atoms with Crippen molar-refractivity contribution in [2.24, 2.45) is 5.92 Å². The number of carbonyl (C=O) groups is 2. The zero-order chi connectivity index (χ0) is 19.4. The second kappa shape index (κ2) is 8.33. The predicted octanol–water partition coefficient (Wildman–Crippen LogP) is 2.55. The number of carbonyl (C=O) groups excluding carboxylic acids is 2. The maximum atomic E-state index is 12.5. The van der Waals surface area contributed by atoms with Crippen LogP contribution in [0.15, 0.2) is 30.6 Å². The number of hydrogen-bond donors (Lipinski definition) is 1. The topological polar surface area (TPSA) is 80.1 Å². The van der Waals surface area contributed by atoms with Gasteiger partial charge in [-0.25, -0.2) is 4.98 Å². The normalized spacial score (nSPS) is 16.3. The van der Waals surface area contributed by atoms with Crippen LogP contribution in [0.3, 0.4) is 0 Å². The number of amides is 2. The highest BCUT2D eigenvalue weighted by Crippen LogP contribution is 2.26. The van der Waals surface area contributed by atoms with Crippen molar-refractivity contribution in [3.05, 3.63) is 47.8 Å². The number of nitrogens with zero attached hydrogens (tertiary/aromatic N) is 4. The third-order valence-corrected chi connectivity index (χ3v) is 4.88. The van der Waals surface area contributed by atoms with Crippen LogP contribution < -0.4 is 5.32 Å². The Morgan fingerprint density at radius 3 is 2.81 bits per heavy atom. The van der Waals surface area contributed by atoms with Crippen LogP contribution in [0.2, 0.25) is 0 Å². The van der Waals surface area contributed by atoms with E-state index in [1.165, 1.54) is 0 Å². The first-order valence-electron chi connectivity index (χ1n) is 9.50. The maximum absolute atomic E-state index is 12.5. The van der Waals surface area contributed by atoms with Gasteiger partial charge in [0, 0.05) is 31.9 Å². The average Bonchev–Trinajstić information content (AvgIpc) is 3.10. The quantitative estimate of drug-likeness (QED) is 0.849. The van der Waals surface area contributed by atoms with E-state index in [1.54, 1.807) is 12.4 Å². The van der Waals surface area contributed by atoms with E-state index in [-0.39, 0.29) is 17.9 Å². The van der Waals surface area contributed by atoms with Crippen molar-refractivity contribution in [2.45, 2.75) is 52.7 Å². The molecule has 2 amide bonds. The van der Waals surface area contributed by atoms with Gasteiger partial charge >= 0.3 is 0 Å². The molecule has 0 aliphatic carbocycles. The number of aromatic nitrogens is 3. The van der Waals surface area contributed by atoms with Crippen molar-refractivity contribution in [3.63, 3.8) is 0 Å². The molecule has 0 saturated heterocycles. The second-order valence-corrected chi connectivity index (χ2v) is 7.38. The van der Waals surface area contributed by atoms with Crippen LogP contribution in [0.1, 0.15) is 61.7 Å². The van der Waals surface area contributed by atoms with E-state index < -0.39 is 0 Å². The van der Waals surface area contributed by atoms with Gasteiger partial charge < -0.3 is 14.8 Å². The first kappa shape index (κ1) is 19.1. The molecular weight excluding hydrogens is 342 g/mol. The van der Waals surface area contributed by atoms with E-state index >= 15 is 0 Å². The van der Waals surface area contributed by atoms with Crippen molar-refractivity contribution in [1.29, 1.82) is 0 Å². The number of imidazole rings is 1. The largest absolute Gasteiger partial charge is 0.345 e. The molecule has 27 heavy (non-hydrogen) atoms. The lowest BCUT2D eigenvalue weighted by atomic mass is 10.1. The summed E-state index contributed by atoms with van der Waals surface area (Å²) in [6.07, 6.45) is 4.91. The van der Waals surface area contributed by atoms with Crippen LogP contribution >= 0.6 is 0 Å². The van der Waals surface area contributed by atoms with Crippen molar-refractivity contribution in [2.75, 3.05) is 6.54 Å². The second-order valence-electron chi connectivity index (χ2n) is 7.38. The predicted molar refractivity (Wildman–Crippen MR) is 102 cm³/mol. The molecule has 1 N–H and O–H groups in total. The van der Waals surface area contributed by atoms with E-state index in [2.05, 4.69) is 29.1 Å². The Morgan fingerprint density at radius 2 is 2.11 bits per heavy atom. The molecule has 0 unspecified atom stereocenters. The van der Waals surface area contributed by atoms with Gasteiger partial charge in [-0.05, 0) is 31.4 Å². The SMILES string of the molecule is CC(C)CCC(=O)N1CCn2cc(C(=O)NCc3ccccn3)nc2[C@H]1C. The van der Waals surface area contributed by atoms with Crippen LogP contribution in [0.25, 0.3) is 0 Å². The van der Waals surface area contributed by atoms with Crippen molar-refractivity contribution in [1.82, 2.24) is 24.8 Å². The van der Waals surface area contributed by atoms with Crippen LogP contribution in [-0.4, -0.2) is 37.8 Å². The van der Waals surface area contributed by atoms with Crippen LogP contribution in [0.5, 0.6) is 0 Å². The Morgan fingerprint density at radius 1 is 1.30 bits per heavy atom. The molecule has 7 nitrogen and oxygen atoms in total. The monoisotopic (exact) mass is 369 g/mol. The van der Waals surface area contributed by atoms with Gasteiger partial charge in [0.25, 0.3) is 5.91 Å². The zero-order valence-electron chi connectivity index (χ0n) is 16.2. The number of pyridine rings is 1. The number of rotatable bonds is 6. The van der Waals surface area contributed by atoms with Crippen LogP contribution in [0.4, 0.5) is 0 Å².